The summed E-state index contributed by atoms with van der Waals surface area (Å²) in [4.78, 5) is 4.17. The van der Waals surface area contributed by atoms with E-state index < -0.39 is 38.4 Å². The summed E-state index contributed by atoms with van der Waals surface area (Å²) in [6, 6.07) is 5.21. The number of rotatable bonds is 1. The normalized spacial score (nSPS) is 35.1. The van der Waals surface area contributed by atoms with E-state index in [1.165, 1.54) is 35.7 Å². The number of alkyl halides is 6. The maximum absolute atomic E-state index is 15.0. The van der Waals surface area contributed by atoms with Crippen molar-refractivity contribution in [1.82, 2.24) is 0 Å². The maximum Gasteiger partial charge on any atom is 0.380 e. The Hall–Kier alpha value is -1.61. The van der Waals surface area contributed by atoms with Crippen LogP contribution < -0.4 is 4.98 Å². The summed E-state index contributed by atoms with van der Waals surface area (Å²) in [6.45, 7) is 5.02. The summed E-state index contributed by atoms with van der Waals surface area (Å²) in [7, 11) is 0. The maximum atomic E-state index is 15.0. The fourth-order valence-corrected chi connectivity index (χ4v) is 7.84. The highest BCUT2D eigenvalue weighted by atomic mass is 32.2. The zero-order chi connectivity index (χ0) is 21.9. The van der Waals surface area contributed by atoms with Gasteiger partial charge in [-0.25, -0.2) is 4.98 Å². The number of aromatic nitrogens is 1. The molecular formula is C21H16F6NS2+. The van der Waals surface area contributed by atoms with Gasteiger partial charge in [0.2, 0.25) is 5.69 Å². The van der Waals surface area contributed by atoms with Crippen molar-refractivity contribution >= 4 is 28.4 Å². The molecule has 1 aromatic heterocycles. The Balaban J connectivity index is 1.89. The van der Waals surface area contributed by atoms with Crippen molar-refractivity contribution in [3.05, 3.63) is 69.4 Å². The fourth-order valence-electron chi connectivity index (χ4n) is 4.76. The first-order chi connectivity index (χ1) is 13.8. The van der Waals surface area contributed by atoms with E-state index in [-0.39, 0.29) is 11.1 Å². The number of H-pyrrole nitrogens is 1. The molecule has 5 rings (SSSR count). The van der Waals surface area contributed by atoms with Crippen LogP contribution in [0.2, 0.25) is 0 Å². The average molecular weight is 460 g/mol. The summed E-state index contributed by atoms with van der Waals surface area (Å²) < 4.78 is 86.4. The van der Waals surface area contributed by atoms with Crippen molar-refractivity contribution in [2.75, 3.05) is 0 Å². The third-order valence-electron chi connectivity index (χ3n) is 6.42. The Labute approximate surface area is 177 Å². The second-order valence-electron chi connectivity index (χ2n) is 8.11. The van der Waals surface area contributed by atoms with Crippen LogP contribution in [-0.4, -0.2) is 27.3 Å². The van der Waals surface area contributed by atoms with Crippen molar-refractivity contribution in [3.8, 4) is 0 Å². The minimum absolute atomic E-state index is 0.132. The predicted molar refractivity (Wildman–Crippen MR) is 106 cm³/mol. The quantitative estimate of drug-likeness (QED) is 0.458. The zero-order valence-corrected chi connectivity index (χ0v) is 17.7. The highest BCUT2D eigenvalue weighted by molar-refractivity contribution is 8.12. The van der Waals surface area contributed by atoms with Gasteiger partial charge >= 0.3 is 17.8 Å². The van der Waals surface area contributed by atoms with E-state index in [4.69, 9.17) is 0 Å². The smallest absolute Gasteiger partial charge is 0.211 e. The molecule has 0 spiro atoms. The second-order valence-corrected chi connectivity index (χ2v) is 11.2. The molecule has 30 heavy (non-hydrogen) atoms. The van der Waals surface area contributed by atoms with Crippen molar-refractivity contribution < 1.29 is 31.3 Å². The molecule has 1 saturated carbocycles. The lowest BCUT2D eigenvalue weighted by molar-refractivity contribution is -0.381. The predicted octanol–water partition coefficient (Wildman–Crippen LogP) is 6.28. The molecule has 0 amide bonds. The molecule has 0 aromatic carbocycles. The van der Waals surface area contributed by atoms with E-state index in [9.17, 15) is 26.3 Å². The molecule has 1 nitrogen and oxygen atoms in total. The molecule has 1 aromatic rings. The average Bonchev–Trinajstić information content (AvgIpc) is 3.20. The highest BCUT2D eigenvalue weighted by Crippen LogP contribution is 2.74. The highest BCUT2D eigenvalue weighted by Gasteiger charge is 2.84. The van der Waals surface area contributed by atoms with E-state index in [0.717, 1.165) is 0 Å². The number of fused-ring (bicyclic) bond motifs is 4. The molecular weight excluding hydrogens is 444 g/mol. The van der Waals surface area contributed by atoms with Crippen LogP contribution in [0.25, 0.3) is 4.91 Å². The topological polar surface area (TPSA) is 14.1 Å². The van der Waals surface area contributed by atoms with Crippen molar-refractivity contribution in [1.29, 1.82) is 0 Å². The number of aromatic amines is 1. The standard InChI is InChI=1S/C21H15F6NS2/c1-10-8-11-15-16(20(24,25)21(26,27)19(15,22)23)12-9-14(13-6-4-5-7-28-13)30-18(12,3)17(11,2)29-10/h4-9H,1-3H3/p+1. The van der Waals surface area contributed by atoms with Gasteiger partial charge in [0.1, 0.15) is 0 Å². The molecule has 9 heteroatoms. The van der Waals surface area contributed by atoms with Crippen molar-refractivity contribution in [3.63, 3.8) is 0 Å². The number of allylic oxidation sites excluding steroid dienone is 5. The zero-order valence-electron chi connectivity index (χ0n) is 16.0. The number of nitrogens with one attached hydrogen (secondary N) is 1. The molecule has 0 radical (unpaired) electrons. The van der Waals surface area contributed by atoms with Gasteiger partial charge in [-0.1, -0.05) is 0 Å². The molecule has 0 saturated heterocycles. The number of thioether (sulfide) groups is 2. The van der Waals surface area contributed by atoms with Crippen molar-refractivity contribution in [2.24, 2.45) is 0 Å². The van der Waals surface area contributed by atoms with Gasteiger partial charge in [-0.05, 0) is 55.0 Å². The lowest BCUT2D eigenvalue weighted by Crippen LogP contribution is -2.48. The van der Waals surface area contributed by atoms with Crippen molar-refractivity contribution in [2.45, 2.75) is 48.0 Å². The summed E-state index contributed by atoms with van der Waals surface area (Å²) in [5.41, 5.74) is -2.12. The molecule has 1 fully saturated rings. The van der Waals surface area contributed by atoms with Crippen LogP contribution in [0.15, 0.2) is 63.7 Å². The molecule has 0 bridgehead atoms. The largest absolute Gasteiger partial charge is 0.380 e. The third-order valence-corrected chi connectivity index (χ3v) is 9.62. The van der Waals surface area contributed by atoms with Gasteiger partial charge in [0.25, 0.3) is 0 Å². The lowest BCUT2D eigenvalue weighted by atomic mass is 9.71. The first-order valence-corrected chi connectivity index (χ1v) is 10.8. The van der Waals surface area contributed by atoms with Gasteiger partial charge in [0.05, 0.1) is 14.4 Å². The van der Waals surface area contributed by atoms with Crippen LogP contribution in [0.3, 0.4) is 0 Å². The van der Waals surface area contributed by atoms with E-state index in [1.807, 2.05) is 0 Å². The van der Waals surface area contributed by atoms with Crippen LogP contribution in [0.1, 0.15) is 26.5 Å². The summed E-state index contributed by atoms with van der Waals surface area (Å²) >= 11 is 2.49. The second kappa shape index (κ2) is 5.59. The first kappa shape index (κ1) is 20.3. The molecule has 2 aliphatic heterocycles. The first-order valence-electron chi connectivity index (χ1n) is 9.18. The van der Waals surface area contributed by atoms with Gasteiger partial charge < -0.3 is 0 Å². The van der Waals surface area contributed by atoms with E-state index in [0.29, 0.717) is 15.5 Å². The summed E-state index contributed by atoms with van der Waals surface area (Å²) in [6.07, 6.45) is 4.38. The van der Waals surface area contributed by atoms with Crippen LogP contribution >= 0.6 is 23.5 Å². The van der Waals surface area contributed by atoms with Gasteiger partial charge in [-0.3, -0.25) is 0 Å². The molecule has 4 aliphatic rings. The van der Waals surface area contributed by atoms with Crippen LogP contribution in [0.5, 0.6) is 0 Å². The van der Waals surface area contributed by atoms with Gasteiger partial charge in [0.15, 0.2) is 6.20 Å². The van der Waals surface area contributed by atoms with Gasteiger partial charge in [-0.15, -0.1) is 23.5 Å². The lowest BCUT2D eigenvalue weighted by Gasteiger charge is -2.47. The molecule has 1 N–H and O–H groups in total. The van der Waals surface area contributed by atoms with E-state index in [1.54, 1.807) is 45.2 Å². The SMILES string of the molecule is CC1=CC2=C3C(=C4C=C(c5cccc[nH+]5)SC4(C)C2(C)S1)C(F)(F)C(F)(F)C3(F)F. The fraction of sp³-hybridized carbons (Fsp3) is 0.381. The van der Waals surface area contributed by atoms with E-state index >= 15 is 0 Å². The van der Waals surface area contributed by atoms with E-state index in [2.05, 4.69) is 4.98 Å². The Morgan fingerprint density at radius 3 is 1.93 bits per heavy atom. The number of hydrogen-bond donors (Lipinski definition) is 0. The molecule has 3 heterocycles. The van der Waals surface area contributed by atoms with Crippen LogP contribution in [0, 0.1) is 0 Å². The summed E-state index contributed by atoms with van der Waals surface area (Å²) in [5, 5.41) is 0. The number of pyridine rings is 1. The Morgan fingerprint density at radius 2 is 1.37 bits per heavy atom. The van der Waals surface area contributed by atoms with Gasteiger partial charge in [-0.2, -0.15) is 26.3 Å². The molecule has 2 unspecified atom stereocenters. The number of hydrogen-bond acceptors (Lipinski definition) is 2. The molecule has 2 aliphatic carbocycles. The van der Waals surface area contributed by atoms with Crippen LogP contribution in [-0.2, 0) is 0 Å². The minimum Gasteiger partial charge on any atom is -0.211 e. The Kier molecular flexibility index (Phi) is 3.79. The summed E-state index contributed by atoms with van der Waals surface area (Å²) in [5.74, 6) is -15.5. The minimum atomic E-state index is -5.51. The molecule has 158 valence electrons. The Morgan fingerprint density at radius 1 is 0.800 bits per heavy atom. The molecule has 2 atom stereocenters. The Bertz CT molecular complexity index is 1120. The third kappa shape index (κ3) is 2.04. The number of halogens is 6. The van der Waals surface area contributed by atoms with Gasteiger partial charge in [0, 0.05) is 23.3 Å². The van der Waals surface area contributed by atoms with Crippen LogP contribution in [0.4, 0.5) is 26.3 Å². The monoisotopic (exact) mass is 460 g/mol.